The van der Waals surface area contributed by atoms with Crippen molar-refractivity contribution in [2.45, 2.75) is 25.9 Å². The van der Waals surface area contributed by atoms with E-state index in [1.165, 1.54) is 11.3 Å². The summed E-state index contributed by atoms with van der Waals surface area (Å²) >= 11 is 1.41. The number of aromatic nitrogens is 3. The van der Waals surface area contributed by atoms with Gasteiger partial charge in [-0.1, -0.05) is 29.5 Å². The van der Waals surface area contributed by atoms with Gasteiger partial charge in [0.2, 0.25) is 0 Å². The molecule has 4 aromatic rings. The molecule has 8 nitrogen and oxygen atoms in total. The number of ether oxygens (including phenoxy) is 3. The Hall–Kier alpha value is -3.43. The van der Waals surface area contributed by atoms with E-state index >= 15 is 0 Å². The van der Waals surface area contributed by atoms with Crippen molar-refractivity contribution in [3.8, 4) is 17.2 Å². The number of benzene rings is 2. The summed E-state index contributed by atoms with van der Waals surface area (Å²) < 4.78 is 19.5. The molecule has 3 heterocycles. The van der Waals surface area contributed by atoms with Crippen LogP contribution in [0.3, 0.4) is 0 Å². The molecule has 0 saturated carbocycles. The molecule has 9 heteroatoms. The van der Waals surface area contributed by atoms with Crippen LogP contribution in [-0.4, -0.2) is 54.1 Å². The van der Waals surface area contributed by atoms with Crippen LogP contribution < -0.4 is 14.4 Å². The van der Waals surface area contributed by atoms with Crippen molar-refractivity contribution in [2.75, 3.05) is 32.3 Å². The first-order chi connectivity index (χ1) is 16.6. The number of hydrogen-bond donors (Lipinski definition) is 0. The molecule has 34 heavy (non-hydrogen) atoms. The molecule has 0 N–H and O–H groups in total. The highest BCUT2D eigenvalue weighted by Crippen LogP contribution is 2.40. The maximum absolute atomic E-state index is 13.9. The first kappa shape index (κ1) is 22.4. The summed E-state index contributed by atoms with van der Waals surface area (Å²) in [4.78, 5) is 20.4. The van der Waals surface area contributed by atoms with E-state index in [4.69, 9.17) is 19.2 Å². The molecule has 1 atom stereocenters. The van der Waals surface area contributed by atoms with E-state index in [1.807, 2.05) is 49.4 Å². The van der Waals surface area contributed by atoms with Crippen LogP contribution in [0.2, 0.25) is 0 Å². The van der Waals surface area contributed by atoms with Gasteiger partial charge in [-0.2, -0.15) is 5.10 Å². The number of nitrogens with zero attached hydrogens (tertiary/aromatic N) is 4. The molecule has 0 aliphatic carbocycles. The molecule has 2 aromatic heterocycles. The Bertz CT molecular complexity index is 1270. The summed E-state index contributed by atoms with van der Waals surface area (Å²) in [5.74, 6) is 1.17. The first-order valence-corrected chi connectivity index (χ1v) is 12.0. The Morgan fingerprint density at radius 3 is 2.65 bits per heavy atom. The number of methoxy groups -OCH3 is 2. The first-order valence-electron chi connectivity index (χ1n) is 11.2. The zero-order chi connectivity index (χ0) is 23.7. The van der Waals surface area contributed by atoms with Crippen LogP contribution in [0.4, 0.5) is 5.13 Å². The fourth-order valence-electron chi connectivity index (χ4n) is 4.22. The summed E-state index contributed by atoms with van der Waals surface area (Å²) in [6.07, 6.45) is 3.48. The third-order valence-electron chi connectivity index (χ3n) is 6.03. The minimum Gasteiger partial charge on any atom is -0.495 e. The Morgan fingerprint density at radius 1 is 1.18 bits per heavy atom. The van der Waals surface area contributed by atoms with Gasteiger partial charge in [-0.05, 0) is 44.0 Å². The maximum Gasteiger partial charge on any atom is 0.263 e. The lowest BCUT2D eigenvalue weighted by Gasteiger charge is -2.23. The average Bonchev–Trinajstić information content (AvgIpc) is 3.62. The normalized spacial score (nSPS) is 15.6. The SMILES string of the molecule is COc1ccc(OC)c2sc(N(CC3CCCO3)C(=O)c3cnn(-c4ccccc4)c3C)nc12. The smallest absolute Gasteiger partial charge is 0.263 e. The van der Waals surface area contributed by atoms with Crippen LogP contribution in [0.15, 0.2) is 48.7 Å². The van der Waals surface area contributed by atoms with Gasteiger partial charge in [-0.3, -0.25) is 9.69 Å². The van der Waals surface area contributed by atoms with Crippen molar-refractivity contribution in [1.82, 2.24) is 14.8 Å². The molecule has 1 amide bonds. The third kappa shape index (κ3) is 4.01. The Morgan fingerprint density at radius 2 is 1.94 bits per heavy atom. The molecule has 0 spiro atoms. The maximum atomic E-state index is 13.9. The summed E-state index contributed by atoms with van der Waals surface area (Å²) in [5, 5.41) is 5.07. The topological polar surface area (TPSA) is 78.7 Å². The molecule has 2 aromatic carbocycles. The highest BCUT2D eigenvalue weighted by Gasteiger charge is 2.30. The van der Waals surface area contributed by atoms with E-state index in [2.05, 4.69) is 5.10 Å². The van der Waals surface area contributed by atoms with Gasteiger partial charge in [0.1, 0.15) is 21.7 Å². The summed E-state index contributed by atoms with van der Waals surface area (Å²) in [6, 6.07) is 13.4. The average molecular weight is 479 g/mol. The van der Waals surface area contributed by atoms with Crippen LogP contribution in [0.25, 0.3) is 15.9 Å². The van der Waals surface area contributed by atoms with Crippen LogP contribution in [0.5, 0.6) is 11.5 Å². The van der Waals surface area contributed by atoms with Gasteiger partial charge in [0.05, 0.1) is 50.0 Å². The molecule has 176 valence electrons. The Labute approximate surface area is 201 Å². The molecule has 5 rings (SSSR count). The molecule has 1 saturated heterocycles. The molecular weight excluding hydrogens is 452 g/mol. The van der Waals surface area contributed by atoms with Crippen molar-refractivity contribution in [1.29, 1.82) is 0 Å². The largest absolute Gasteiger partial charge is 0.495 e. The molecule has 1 aliphatic rings. The van der Waals surface area contributed by atoms with E-state index in [-0.39, 0.29) is 12.0 Å². The number of para-hydroxylation sites is 1. The van der Waals surface area contributed by atoms with Gasteiger partial charge >= 0.3 is 0 Å². The highest BCUT2D eigenvalue weighted by atomic mass is 32.1. The molecule has 0 bridgehead atoms. The second kappa shape index (κ2) is 9.44. The van der Waals surface area contributed by atoms with E-state index in [0.29, 0.717) is 40.9 Å². The van der Waals surface area contributed by atoms with Gasteiger partial charge in [0, 0.05) is 6.61 Å². The number of hydrogen-bond acceptors (Lipinski definition) is 7. The van der Waals surface area contributed by atoms with Crippen LogP contribution in [0, 0.1) is 6.92 Å². The van der Waals surface area contributed by atoms with Crippen molar-refractivity contribution in [3.63, 3.8) is 0 Å². The Kier molecular flexibility index (Phi) is 6.21. The van der Waals surface area contributed by atoms with Gasteiger partial charge in [-0.15, -0.1) is 0 Å². The summed E-state index contributed by atoms with van der Waals surface area (Å²) in [5.41, 5.74) is 2.87. The molecular formula is C25H26N4O4S. The Balaban J connectivity index is 1.57. The van der Waals surface area contributed by atoms with E-state index in [9.17, 15) is 4.79 Å². The van der Waals surface area contributed by atoms with Gasteiger partial charge in [0.25, 0.3) is 5.91 Å². The van der Waals surface area contributed by atoms with Crippen LogP contribution in [0.1, 0.15) is 28.9 Å². The fourth-order valence-corrected chi connectivity index (χ4v) is 5.31. The number of carbonyl (C=O) groups is 1. The number of thiazole rings is 1. The van der Waals surface area contributed by atoms with Crippen LogP contribution >= 0.6 is 11.3 Å². The van der Waals surface area contributed by atoms with Gasteiger partial charge in [0.15, 0.2) is 5.13 Å². The second-order valence-corrected chi connectivity index (χ2v) is 9.06. The van der Waals surface area contributed by atoms with Crippen molar-refractivity contribution >= 4 is 32.6 Å². The predicted octanol–water partition coefficient (Wildman–Crippen LogP) is 4.63. The zero-order valence-corrected chi connectivity index (χ0v) is 20.2. The molecule has 1 fully saturated rings. The van der Waals surface area contributed by atoms with Crippen molar-refractivity contribution < 1.29 is 19.0 Å². The van der Waals surface area contributed by atoms with E-state index in [0.717, 1.165) is 28.9 Å². The van der Waals surface area contributed by atoms with Gasteiger partial charge in [-0.25, -0.2) is 9.67 Å². The predicted molar refractivity (Wildman–Crippen MR) is 132 cm³/mol. The van der Waals surface area contributed by atoms with E-state index in [1.54, 1.807) is 30.0 Å². The van der Waals surface area contributed by atoms with Crippen molar-refractivity contribution in [2.24, 2.45) is 0 Å². The van der Waals surface area contributed by atoms with Crippen molar-refractivity contribution in [3.05, 3.63) is 59.9 Å². The minimum absolute atomic E-state index is 0.0378. The highest BCUT2D eigenvalue weighted by molar-refractivity contribution is 7.22. The number of anilines is 1. The fraction of sp³-hybridized carbons (Fsp3) is 0.320. The summed E-state index contributed by atoms with van der Waals surface area (Å²) in [7, 11) is 3.23. The van der Waals surface area contributed by atoms with E-state index < -0.39 is 0 Å². The zero-order valence-electron chi connectivity index (χ0n) is 19.4. The molecule has 1 unspecified atom stereocenters. The standard InChI is InChI=1S/C25H26N4O4S/c1-16-19(14-26-29(16)17-8-5-4-6-9-17)24(30)28(15-18-10-7-13-33-18)25-27-22-20(31-2)11-12-21(32-3)23(22)34-25/h4-6,8-9,11-12,14,18H,7,10,13,15H2,1-3H3. The number of rotatable bonds is 7. The monoisotopic (exact) mass is 478 g/mol. The lowest BCUT2D eigenvalue weighted by Crippen LogP contribution is -2.37. The van der Waals surface area contributed by atoms with Crippen LogP contribution in [-0.2, 0) is 4.74 Å². The lowest BCUT2D eigenvalue weighted by atomic mass is 10.2. The summed E-state index contributed by atoms with van der Waals surface area (Å²) in [6.45, 7) is 3.03. The van der Waals surface area contributed by atoms with Gasteiger partial charge < -0.3 is 14.2 Å². The second-order valence-electron chi connectivity index (χ2n) is 8.09. The molecule has 0 radical (unpaired) electrons. The number of carbonyl (C=O) groups excluding carboxylic acids is 1. The number of amides is 1. The molecule has 1 aliphatic heterocycles. The number of fused-ring (bicyclic) bond motifs is 1. The quantitative estimate of drug-likeness (QED) is 0.385. The third-order valence-corrected chi connectivity index (χ3v) is 7.12. The lowest BCUT2D eigenvalue weighted by molar-refractivity contribution is 0.0917. The minimum atomic E-state index is -0.160.